The van der Waals surface area contributed by atoms with E-state index in [1.54, 1.807) is 12.4 Å². The van der Waals surface area contributed by atoms with Crippen LogP contribution >= 0.6 is 35.6 Å². The van der Waals surface area contributed by atoms with Crippen LogP contribution in [0.3, 0.4) is 0 Å². The fraction of sp³-hybridized carbons (Fsp3) is 0.118. The van der Waals surface area contributed by atoms with Crippen molar-refractivity contribution >= 4 is 53.7 Å². The molecule has 0 aliphatic rings. The van der Waals surface area contributed by atoms with E-state index in [9.17, 15) is 0 Å². The zero-order chi connectivity index (χ0) is 15.8. The Balaban J connectivity index is 0.00000264. The first-order valence-corrected chi connectivity index (χ1v) is 7.47. The van der Waals surface area contributed by atoms with E-state index in [1.165, 1.54) is 0 Å². The number of nitrogens with zero attached hydrogens (tertiary/aromatic N) is 2. The van der Waals surface area contributed by atoms with Gasteiger partial charge >= 0.3 is 0 Å². The second kappa shape index (κ2) is 10.2. The van der Waals surface area contributed by atoms with Crippen molar-refractivity contribution in [1.29, 1.82) is 5.41 Å². The highest BCUT2D eigenvalue weighted by Gasteiger charge is 1.96. The molecule has 0 spiro atoms. The van der Waals surface area contributed by atoms with Gasteiger partial charge in [-0.2, -0.15) is 0 Å². The van der Waals surface area contributed by atoms with Crippen molar-refractivity contribution < 1.29 is 0 Å². The maximum Gasteiger partial charge on any atom is 0.0784 e. The molecule has 0 aliphatic carbocycles. The molecule has 0 saturated carbocycles. The molecular formula is C17H16Cl3N3. The number of rotatable bonds is 6. The smallest absolute Gasteiger partial charge is 0.0784 e. The van der Waals surface area contributed by atoms with Gasteiger partial charge in [0.15, 0.2) is 0 Å². The van der Waals surface area contributed by atoms with Crippen molar-refractivity contribution in [3.8, 4) is 0 Å². The Bertz CT molecular complexity index is 694. The van der Waals surface area contributed by atoms with E-state index >= 15 is 0 Å². The maximum atomic E-state index is 7.83. The summed E-state index contributed by atoms with van der Waals surface area (Å²) in [7, 11) is 0. The highest BCUT2D eigenvalue weighted by Crippen LogP contribution is 2.12. The first kappa shape index (κ1) is 19.4. The first-order valence-electron chi connectivity index (χ1n) is 6.71. The first-order chi connectivity index (χ1) is 10.6. The molecule has 1 N–H and O–H groups in total. The summed E-state index contributed by atoms with van der Waals surface area (Å²) in [4.78, 5) is 8.44. The van der Waals surface area contributed by atoms with E-state index in [4.69, 9.17) is 28.6 Å². The summed E-state index contributed by atoms with van der Waals surface area (Å²) in [5.74, 6) is 0. The Morgan fingerprint density at radius 2 is 1.52 bits per heavy atom. The van der Waals surface area contributed by atoms with Crippen LogP contribution in [0.1, 0.15) is 11.1 Å². The minimum absolute atomic E-state index is 0. The Morgan fingerprint density at radius 1 is 0.913 bits per heavy atom. The molecule has 0 radical (unpaired) electrons. The number of hydrogen-bond donors (Lipinski definition) is 1. The van der Waals surface area contributed by atoms with Crippen molar-refractivity contribution in [2.45, 2.75) is 0 Å². The van der Waals surface area contributed by atoms with Gasteiger partial charge in [-0.3, -0.25) is 9.98 Å². The van der Waals surface area contributed by atoms with Crippen LogP contribution in [0.5, 0.6) is 0 Å². The lowest BCUT2D eigenvalue weighted by atomic mass is 10.2. The fourth-order valence-corrected chi connectivity index (χ4v) is 2.00. The van der Waals surface area contributed by atoms with Crippen LogP contribution in [0.4, 0.5) is 0 Å². The third kappa shape index (κ3) is 6.95. The van der Waals surface area contributed by atoms with Crippen molar-refractivity contribution in [2.24, 2.45) is 9.98 Å². The van der Waals surface area contributed by atoms with Crippen molar-refractivity contribution in [2.75, 3.05) is 13.1 Å². The van der Waals surface area contributed by atoms with E-state index in [2.05, 4.69) is 9.98 Å². The van der Waals surface area contributed by atoms with Crippen LogP contribution in [-0.4, -0.2) is 31.2 Å². The minimum Gasteiger partial charge on any atom is -0.306 e. The second-order valence-corrected chi connectivity index (χ2v) is 5.46. The topological polar surface area (TPSA) is 48.6 Å². The van der Waals surface area contributed by atoms with Gasteiger partial charge in [0.05, 0.1) is 18.8 Å². The average Bonchev–Trinajstić information content (AvgIpc) is 2.51. The summed E-state index contributed by atoms with van der Waals surface area (Å²) in [6, 6.07) is 14.8. The van der Waals surface area contributed by atoms with Crippen molar-refractivity contribution in [3.63, 3.8) is 0 Å². The molecule has 2 rings (SSSR count). The third-order valence-corrected chi connectivity index (χ3v) is 3.41. The van der Waals surface area contributed by atoms with Gasteiger partial charge in [-0.1, -0.05) is 53.5 Å². The van der Waals surface area contributed by atoms with Gasteiger partial charge in [0.2, 0.25) is 0 Å². The Kier molecular flexibility index (Phi) is 8.56. The highest BCUT2D eigenvalue weighted by atomic mass is 35.5. The van der Waals surface area contributed by atoms with Gasteiger partial charge in [0, 0.05) is 28.0 Å². The lowest BCUT2D eigenvalue weighted by molar-refractivity contribution is 1.17. The molecule has 2 aromatic carbocycles. The van der Waals surface area contributed by atoms with Gasteiger partial charge in [-0.15, -0.1) is 12.4 Å². The molecular weight excluding hydrogens is 353 g/mol. The highest BCUT2D eigenvalue weighted by molar-refractivity contribution is 6.33. The molecule has 2 aromatic rings. The molecule has 0 bridgehead atoms. The van der Waals surface area contributed by atoms with Crippen LogP contribution in [-0.2, 0) is 0 Å². The van der Waals surface area contributed by atoms with Crippen LogP contribution in [0, 0.1) is 5.41 Å². The molecule has 0 fully saturated rings. The monoisotopic (exact) mass is 367 g/mol. The van der Waals surface area contributed by atoms with Crippen LogP contribution in [0.25, 0.3) is 0 Å². The summed E-state index contributed by atoms with van der Waals surface area (Å²) < 4.78 is 0. The number of hydrogen-bond acceptors (Lipinski definition) is 3. The van der Waals surface area contributed by atoms with Crippen LogP contribution in [0.15, 0.2) is 58.5 Å². The molecule has 0 saturated heterocycles. The lowest BCUT2D eigenvalue weighted by Crippen LogP contribution is -2.06. The van der Waals surface area contributed by atoms with Crippen LogP contribution in [0.2, 0.25) is 10.0 Å². The minimum atomic E-state index is 0. The molecule has 23 heavy (non-hydrogen) atoms. The average molecular weight is 369 g/mol. The van der Waals surface area contributed by atoms with Gasteiger partial charge in [-0.05, 0) is 23.8 Å². The quantitative estimate of drug-likeness (QED) is 0.700. The third-order valence-electron chi connectivity index (χ3n) is 2.81. The second-order valence-electron chi connectivity index (χ2n) is 4.62. The van der Waals surface area contributed by atoms with Gasteiger partial charge < -0.3 is 5.41 Å². The molecule has 0 aromatic heterocycles. The SMILES string of the molecule is Cl.N=C(CN=Cc1ccc(Cl)cc1)CN=Cc1ccccc1Cl. The van der Waals surface area contributed by atoms with Crippen molar-refractivity contribution in [1.82, 2.24) is 0 Å². The van der Waals surface area contributed by atoms with E-state index in [-0.39, 0.29) is 12.4 Å². The maximum absolute atomic E-state index is 7.83. The molecule has 6 heteroatoms. The molecule has 0 heterocycles. The van der Waals surface area contributed by atoms with E-state index in [1.807, 2.05) is 48.5 Å². The molecule has 3 nitrogen and oxygen atoms in total. The zero-order valence-corrected chi connectivity index (χ0v) is 14.6. The number of nitrogens with one attached hydrogen (secondary N) is 1. The molecule has 0 amide bonds. The summed E-state index contributed by atoms with van der Waals surface area (Å²) in [6.45, 7) is 0.631. The number of aliphatic imine (C=N–C) groups is 2. The molecule has 0 atom stereocenters. The normalized spacial score (nSPS) is 10.9. The van der Waals surface area contributed by atoms with Gasteiger partial charge in [0.1, 0.15) is 0 Å². The Labute approximate surface area is 152 Å². The van der Waals surface area contributed by atoms with E-state index in [0.29, 0.717) is 28.8 Å². The standard InChI is InChI=1S/C17H15Cl2N3.ClH/c18-15-7-5-13(6-8-15)9-21-11-16(20)12-22-10-14-3-1-2-4-17(14)19;/h1-10,20H,11-12H2;1H. The number of benzene rings is 2. The molecule has 0 unspecified atom stereocenters. The largest absolute Gasteiger partial charge is 0.306 e. The van der Waals surface area contributed by atoms with E-state index < -0.39 is 0 Å². The summed E-state index contributed by atoms with van der Waals surface area (Å²) in [5.41, 5.74) is 2.24. The predicted octanol–water partition coefficient (Wildman–Crippen LogP) is 4.97. The van der Waals surface area contributed by atoms with Crippen LogP contribution < -0.4 is 0 Å². The van der Waals surface area contributed by atoms with Gasteiger partial charge in [0.25, 0.3) is 0 Å². The van der Waals surface area contributed by atoms with Gasteiger partial charge in [-0.25, -0.2) is 0 Å². The predicted molar refractivity (Wildman–Crippen MR) is 103 cm³/mol. The molecule has 120 valence electrons. The zero-order valence-electron chi connectivity index (χ0n) is 12.2. The lowest BCUT2D eigenvalue weighted by Gasteiger charge is -1.98. The van der Waals surface area contributed by atoms with Crippen molar-refractivity contribution in [3.05, 3.63) is 69.7 Å². The number of halogens is 3. The Morgan fingerprint density at radius 3 is 2.17 bits per heavy atom. The van der Waals surface area contributed by atoms with E-state index in [0.717, 1.165) is 11.1 Å². The summed E-state index contributed by atoms with van der Waals surface area (Å²) in [6.07, 6.45) is 3.41. The Hall–Kier alpha value is -1.68. The fourth-order valence-electron chi connectivity index (χ4n) is 1.69. The summed E-state index contributed by atoms with van der Waals surface area (Å²) >= 11 is 11.8. The summed E-state index contributed by atoms with van der Waals surface area (Å²) in [5, 5.41) is 9.17. The molecule has 0 aliphatic heterocycles.